The van der Waals surface area contributed by atoms with Crippen LogP contribution in [0.3, 0.4) is 0 Å². The molecule has 1 atom stereocenters. The Bertz CT molecular complexity index is 1450. The first-order valence-electron chi connectivity index (χ1n) is 15.8. The molecule has 0 saturated carbocycles. The van der Waals surface area contributed by atoms with E-state index in [4.69, 9.17) is 14.5 Å². The number of nitrogens with one attached hydrogen (secondary N) is 1. The van der Waals surface area contributed by atoms with Gasteiger partial charge in [0.05, 0.1) is 18.9 Å². The fraction of sp³-hybridized carbons (Fsp3) is 0.472. The molecule has 0 spiro atoms. The van der Waals surface area contributed by atoms with Crippen LogP contribution in [0.4, 0.5) is 5.69 Å². The van der Waals surface area contributed by atoms with Crippen molar-refractivity contribution in [3.8, 4) is 5.75 Å². The molecule has 0 saturated heterocycles. The molecule has 0 radical (unpaired) electrons. The van der Waals surface area contributed by atoms with E-state index in [1.807, 2.05) is 12.3 Å². The SMILES string of the molecule is CCCCCCCCc1cccc2[nH]c(C)c(C3(c4ccc(N(CC)CC)cc4OCC)OCc4cccnc43)c12. The van der Waals surface area contributed by atoms with Crippen LogP contribution in [0.5, 0.6) is 5.75 Å². The number of pyridine rings is 1. The van der Waals surface area contributed by atoms with Crippen LogP contribution in [0.25, 0.3) is 10.9 Å². The van der Waals surface area contributed by atoms with E-state index < -0.39 is 5.60 Å². The van der Waals surface area contributed by atoms with Crippen molar-refractivity contribution in [3.63, 3.8) is 0 Å². The van der Waals surface area contributed by atoms with Gasteiger partial charge in [-0.15, -0.1) is 0 Å². The maximum atomic E-state index is 7.02. The van der Waals surface area contributed by atoms with Crippen LogP contribution in [0.2, 0.25) is 0 Å². The standard InChI is InChI=1S/C36H47N3O2/c1-6-10-11-12-13-14-17-27-18-15-20-31-33(27)34(26(5)38-31)36(35-28(25-41-36)19-16-23-37-35)30-22-21-29(39(7-2)8-3)24-32(30)40-9-4/h15-16,18-24,38H,6-14,17,25H2,1-5H3. The third kappa shape index (κ3) is 5.49. The van der Waals surface area contributed by atoms with Crippen molar-refractivity contribution in [2.45, 2.75) is 91.8 Å². The molecule has 1 aliphatic heterocycles. The van der Waals surface area contributed by atoms with Crippen LogP contribution in [-0.4, -0.2) is 29.7 Å². The molecule has 41 heavy (non-hydrogen) atoms. The summed E-state index contributed by atoms with van der Waals surface area (Å²) in [7, 11) is 0. The zero-order valence-corrected chi connectivity index (χ0v) is 25.7. The average Bonchev–Trinajstić information content (AvgIpc) is 3.54. The predicted molar refractivity (Wildman–Crippen MR) is 170 cm³/mol. The smallest absolute Gasteiger partial charge is 0.167 e. The lowest BCUT2D eigenvalue weighted by Gasteiger charge is -2.33. The molecule has 2 aromatic heterocycles. The summed E-state index contributed by atoms with van der Waals surface area (Å²) >= 11 is 0. The van der Waals surface area contributed by atoms with Gasteiger partial charge in [-0.1, -0.05) is 57.2 Å². The van der Waals surface area contributed by atoms with Gasteiger partial charge in [-0.05, 0) is 70.4 Å². The van der Waals surface area contributed by atoms with Gasteiger partial charge in [0.25, 0.3) is 0 Å². The monoisotopic (exact) mass is 553 g/mol. The normalized spacial score (nSPS) is 16.3. The average molecular weight is 554 g/mol. The van der Waals surface area contributed by atoms with Crippen LogP contribution in [0.15, 0.2) is 54.7 Å². The van der Waals surface area contributed by atoms with Crippen molar-refractivity contribution in [2.75, 3.05) is 24.6 Å². The second-order valence-corrected chi connectivity index (χ2v) is 11.2. The maximum absolute atomic E-state index is 7.02. The molecule has 5 rings (SSSR count). The van der Waals surface area contributed by atoms with Crippen molar-refractivity contribution in [1.82, 2.24) is 9.97 Å². The number of ether oxygens (including phenoxy) is 2. The molecule has 218 valence electrons. The number of hydrogen-bond donors (Lipinski definition) is 1. The third-order valence-electron chi connectivity index (χ3n) is 8.69. The molecule has 0 fully saturated rings. The summed E-state index contributed by atoms with van der Waals surface area (Å²) in [6, 6.07) is 17.5. The van der Waals surface area contributed by atoms with Gasteiger partial charge < -0.3 is 19.4 Å². The summed E-state index contributed by atoms with van der Waals surface area (Å²) < 4.78 is 13.4. The Morgan fingerprint density at radius 1 is 0.951 bits per heavy atom. The minimum Gasteiger partial charge on any atom is -0.493 e. The van der Waals surface area contributed by atoms with E-state index in [2.05, 4.69) is 87.0 Å². The zero-order valence-electron chi connectivity index (χ0n) is 25.7. The topological polar surface area (TPSA) is 50.4 Å². The number of fused-ring (bicyclic) bond motifs is 2. The van der Waals surface area contributed by atoms with E-state index in [0.717, 1.165) is 59.0 Å². The molecule has 0 bridgehead atoms. The summed E-state index contributed by atoms with van der Waals surface area (Å²) in [5.41, 5.74) is 8.23. The number of rotatable bonds is 14. The Morgan fingerprint density at radius 2 is 1.76 bits per heavy atom. The number of aromatic nitrogens is 2. The Kier molecular flexibility index (Phi) is 9.34. The van der Waals surface area contributed by atoms with Crippen LogP contribution in [-0.2, 0) is 23.4 Å². The van der Waals surface area contributed by atoms with Gasteiger partial charge in [-0.25, -0.2) is 0 Å². The van der Waals surface area contributed by atoms with Gasteiger partial charge in [-0.3, -0.25) is 4.98 Å². The summed E-state index contributed by atoms with van der Waals surface area (Å²) in [6.45, 7) is 13.9. The minimum absolute atomic E-state index is 0.512. The van der Waals surface area contributed by atoms with Crippen molar-refractivity contribution >= 4 is 16.6 Å². The van der Waals surface area contributed by atoms with Gasteiger partial charge in [-0.2, -0.15) is 0 Å². The quantitative estimate of drug-likeness (QED) is 0.159. The fourth-order valence-electron chi connectivity index (χ4n) is 6.71. The van der Waals surface area contributed by atoms with Crippen LogP contribution in [0.1, 0.15) is 99.9 Å². The molecule has 5 heteroatoms. The van der Waals surface area contributed by atoms with Crippen molar-refractivity contribution in [3.05, 3.63) is 88.4 Å². The second kappa shape index (κ2) is 13.1. The van der Waals surface area contributed by atoms with E-state index >= 15 is 0 Å². The lowest BCUT2D eigenvalue weighted by molar-refractivity contribution is 0.0233. The van der Waals surface area contributed by atoms with Crippen molar-refractivity contribution < 1.29 is 9.47 Å². The molecular weight excluding hydrogens is 506 g/mol. The highest BCUT2D eigenvalue weighted by atomic mass is 16.5. The van der Waals surface area contributed by atoms with Gasteiger partial charge in [0, 0.05) is 64.3 Å². The van der Waals surface area contributed by atoms with Crippen LogP contribution < -0.4 is 9.64 Å². The largest absolute Gasteiger partial charge is 0.493 e. The number of benzene rings is 2. The van der Waals surface area contributed by atoms with E-state index in [9.17, 15) is 0 Å². The van der Waals surface area contributed by atoms with Crippen molar-refractivity contribution in [2.24, 2.45) is 0 Å². The van der Waals surface area contributed by atoms with Gasteiger partial charge in [0.1, 0.15) is 5.75 Å². The first kappa shape index (κ1) is 29.2. The highest BCUT2D eigenvalue weighted by Crippen LogP contribution is 2.53. The summed E-state index contributed by atoms with van der Waals surface area (Å²) in [5, 5.41) is 1.27. The lowest BCUT2D eigenvalue weighted by atomic mass is 9.79. The van der Waals surface area contributed by atoms with E-state index in [-0.39, 0.29) is 0 Å². The number of unbranched alkanes of at least 4 members (excludes halogenated alkanes) is 5. The van der Waals surface area contributed by atoms with Gasteiger partial charge in [0.2, 0.25) is 0 Å². The summed E-state index contributed by atoms with van der Waals surface area (Å²) in [4.78, 5) is 11.1. The van der Waals surface area contributed by atoms with E-state index in [1.165, 1.54) is 55.0 Å². The van der Waals surface area contributed by atoms with E-state index in [0.29, 0.717) is 13.2 Å². The first-order valence-corrected chi connectivity index (χ1v) is 15.8. The number of aromatic amines is 1. The Morgan fingerprint density at radius 3 is 2.54 bits per heavy atom. The second-order valence-electron chi connectivity index (χ2n) is 11.2. The molecule has 0 amide bonds. The van der Waals surface area contributed by atoms with Crippen molar-refractivity contribution in [1.29, 1.82) is 0 Å². The Hall–Kier alpha value is -3.31. The number of nitrogens with zero attached hydrogens (tertiary/aromatic N) is 2. The van der Waals surface area contributed by atoms with Gasteiger partial charge in [0.15, 0.2) is 5.60 Å². The van der Waals surface area contributed by atoms with Gasteiger partial charge >= 0.3 is 0 Å². The molecule has 1 N–H and O–H groups in total. The third-order valence-corrected chi connectivity index (χ3v) is 8.69. The lowest BCUT2D eigenvalue weighted by Crippen LogP contribution is -2.31. The highest BCUT2D eigenvalue weighted by Gasteiger charge is 2.49. The molecular formula is C36H47N3O2. The molecule has 1 aliphatic rings. The Balaban J connectivity index is 1.70. The number of anilines is 1. The minimum atomic E-state index is -0.873. The maximum Gasteiger partial charge on any atom is 0.167 e. The molecule has 1 unspecified atom stereocenters. The van der Waals surface area contributed by atoms with Crippen LogP contribution in [0, 0.1) is 6.92 Å². The zero-order chi connectivity index (χ0) is 28.8. The van der Waals surface area contributed by atoms with Crippen LogP contribution >= 0.6 is 0 Å². The highest BCUT2D eigenvalue weighted by molar-refractivity contribution is 5.90. The predicted octanol–water partition coefficient (Wildman–Crippen LogP) is 8.84. The molecule has 0 aliphatic carbocycles. The van der Waals surface area contributed by atoms with E-state index in [1.54, 1.807) is 0 Å². The first-order chi connectivity index (χ1) is 20.1. The summed E-state index contributed by atoms with van der Waals surface area (Å²) in [6.07, 6.45) is 10.7. The molecule has 3 heterocycles. The number of hydrogen-bond acceptors (Lipinski definition) is 4. The summed E-state index contributed by atoms with van der Waals surface area (Å²) in [5.74, 6) is 0.859. The Labute approximate surface area is 246 Å². The molecule has 5 nitrogen and oxygen atoms in total. The molecule has 2 aromatic carbocycles. The number of aryl methyl sites for hydroxylation is 2. The molecule has 4 aromatic rings. The fourth-order valence-corrected chi connectivity index (χ4v) is 6.71. The number of H-pyrrole nitrogens is 1.